The maximum absolute atomic E-state index is 12.1. The SMILES string of the molecule is O=[SH](=O)C(F)(F)C(F)(F)C(F)(F)C(F)(F)F.[LiH]. The molecule has 0 spiro atoms. The summed E-state index contributed by atoms with van der Waals surface area (Å²) < 4.78 is 125. The normalized spacial score (nSPS) is 14.7. The number of hydrogen-bond acceptors (Lipinski definition) is 2. The summed E-state index contributed by atoms with van der Waals surface area (Å²) in [5.41, 5.74) is 0. The van der Waals surface area contributed by atoms with Gasteiger partial charge in [0, 0.05) is 0 Å². The van der Waals surface area contributed by atoms with E-state index in [-0.39, 0.29) is 18.9 Å². The molecule has 0 aliphatic rings. The van der Waals surface area contributed by atoms with E-state index in [1.165, 1.54) is 0 Å². The van der Waals surface area contributed by atoms with Crippen LogP contribution in [0, 0.1) is 0 Å². The van der Waals surface area contributed by atoms with Gasteiger partial charge in [-0.2, -0.15) is 39.5 Å². The molecule has 0 unspecified atom stereocenters. The van der Waals surface area contributed by atoms with Gasteiger partial charge in [0.05, 0.1) is 0 Å². The molecule has 17 heavy (non-hydrogen) atoms. The van der Waals surface area contributed by atoms with Gasteiger partial charge in [0.1, 0.15) is 0 Å². The van der Waals surface area contributed by atoms with Gasteiger partial charge in [-0.3, -0.25) is 0 Å². The van der Waals surface area contributed by atoms with Crippen LogP contribution in [0.5, 0.6) is 0 Å². The zero-order valence-corrected chi connectivity index (χ0v) is 7.56. The Bertz CT molecular complexity index is 337. The molecule has 0 N–H and O–H groups in total. The van der Waals surface area contributed by atoms with Crippen molar-refractivity contribution in [3.05, 3.63) is 0 Å². The fourth-order valence-corrected chi connectivity index (χ4v) is 0.851. The summed E-state index contributed by atoms with van der Waals surface area (Å²) in [4.78, 5) is 0. The molecular formula is C4H2F9LiO2S. The number of rotatable bonds is 3. The Labute approximate surface area is 101 Å². The van der Waals surface area contributed by atoms with Gasteiger partial charge in [-0.25, -0.2) is 8.42 Å². The molecule has 0 amide bonds. The van der Waals surface area contributed by atoms with Crippen LogP contribution in [0.4, 0.5) is 39.5 Å². The van der Waals surface area contributed by atoms with E-state index in [2.05, 4.69) is 0 Å². The molecular weight excluding hydrogens is 290 g/mol. The average Bonchev–Trinajstić information content (AvgIpc) is 2.00. The minimum atomic E-state index is -7.17. The Morgan fingerprint density at radius 3 is 1.12 bits per heavy atom. The van der Waals surface area contributed by atoms with E-state index in [4.69, 9.17) is 0 Å². The first-order valence-electron chi connectivity index (χ1n) is 3.04. The van der Waals surface area contributed by atoms with Crippen molar-refractivity contribution in [2.24, 2.45) is 0 Å². The summed E-state index contributed by atoms with van der Waals surface area (Å²) in [5.74, 6) is -14.3. The Morgan fingerprint density at radius 2 is 0.941 bits per heavy atom. The molecule has 100 valence electrons. The molecule has 0 atom stereocenters. The third-order valence-corrected chi connectivity index (χ3v) is 2.10. The first-order valence-corrected chi connectivity index (χ1v) is 4.22. The molecule has 0 aromatic heterocycles. The number of hydrogen-bond donors (Lipinski definition) is 1. The summed E-state index contributed by atoms with van der Waals surface area (Å²) in [6.07, 6.45) is -7.01. The molecule has 0 aliphatic carbocycles. The number of alkyl halides is 9. The van der Waals surface area contributed by atoms with Crippen LogP contribution in [0.15, 0.2) is 0 Å². The standard InChI is InChI=1S/C4HF9O2S.Li.H/c5-1(6,3(9,10)11)2(7,8)4(12,13)16(14)15;;/h16H;;. The van der Waals surface area contributed by atoms with E-state index in [0.717, 1.165) is 0 Å². The fraction of sp³-hybridized carbons (Fsp3) is 1.00. The molecule has 0 radical (unpaired) electrons. The number of halogens is 9. The monoisotopic (exact) mass is 292 g/mol. The van der Waals surface area contributed by atoms with Gasteiger partial charge in [0.15, 0.2) is 0 Å². The Hall–Kier alpha value is -0.0826. The maximum atomic E-state index is 12.1. The summed E-state index contributed by atoms with van der Waals surface area (Å²) in [5, 5.41) is -6.51. The van der Waals surface area contributed by atoms with Crippen molar-refractivity contribution >= 4 is 29.6 Å². The average molecular weight is 292 g/mol. The number of thiol groups is 1. The summed E-state index contributed by atoms with van der Waals surface area (Å²) >= 11 is 0. The van der Waals surface area contributed by atoms with Crippen molar-refractivity contribution < 1.29 is 47.9 Å². The van der Waals surface area contributed by atoms with Crippen LogP contribution < -0.4 is 0 Å². The minimum absolute atomic E-state index is 0. The predicted molar refractivity (Wildman–Crippen MR) is 38.4 cm³/mol. The van der Waals surface area contributed by atoms with Crippen molar-refractivity contribution in [1.29, 1.82) is 0 Å². The zero-order chi connectivity index (χ0) is 13.6. The van der Waals surface area contributed by atoms with E-state index in [1.54, 1.807) is 0 Å². The van der Waals surface area contributed by atoms with Gasteiger partial charge in [-0.05, 0) is 0 Å². The van der Waals surface area contributed by atoms with Crippen LogP contribution in [0.2, 0.25) is 0 Å². The van der Waals surface area contributed by atoms with Crippen molar-refractivity contribution in [3.63, 3.8) is 0 Å². The molecule has 0 aliphatic heterocycles. The van der Waals surface area contributed by atoms with E-state index < -0.39 is 34.0 Å². The van der Waals surface area contributed by atoms with E-state index in [1.807, 2.05) is 0 Å². The Balaban J connectivity index is 0. The fourth-order valence-electron chi connectivity index (χ4n) is 0.482. The molecule has 0 saturated carbocycles. The van der Waals surface area contributed by atoms with Gasteiger partial charge in [-0.1, -0.05) is 0 Å². The Morgan fingerprint density at radius 1 is 0.647 bits per heavy atom. The summed E-state index contributed by atoms with van der Waals surface area (Å²) in [6.45, 7) is 0. The van der Waals surface area contributed by atoms with Crippen LogP contribution >= 0.6 is 0 Å². The molecule has 0 aromatic carbocycles. The van der Waals surface area contributed by atoms with Gasteiger partial charge in [0.2, 0.25) is 10.7 Å². The van der Waals surface area contributed by atoms with Gasteiger partial charge < -0.3 is 0 Å². The van der Waals surface area contributed by atoms with Gasteiger partial charge >= 0.3 is 42.1 Å². The topological polar surface area (TPSA) is 34.1 Å². The van der Waals surface area contributed by atoms with Crippen LogP contribution in [0.1, 0.15) is 0 Å². The van der Waals surface area contributed by atoms with Gasteiger partial charge in [-0.15, -0.1) is 0 Å². The molecule has 0 rings (SSSR count). The van der Waals surface area contributed by atoms with E-state index in [9.17, 15) is 47.9 Å². The van der Waals surface area contributed by atoms with Crippen molar-refractivity contribution in [2.75, 3.05) is 0 Å². The second-order valence-electron chi connectivity index (χ2n) is 2.44. The molecule has 13 heteroatoms. The Kier molecular flexibility index (Phi) is 5.54. The predicted octanol–water partition coefficient (Wildman–Crippen LogP) is 1.37. The van der Waals surface area contributed by atoms with Crippen molar-refractivity contribution in [1.82, 2.24) is 0 Å². The second-order valence-corrected chi connectivity index (χ2v) is 3.52. The van der Waals surface area contributed by atoms with Crippen molar-refractivity contribution in [2.45, 2.75) is 23.3 Å². The molecule has 0 heterocycles. The molecule has 0 bridgehead atoms. The summed E-state index contributed by atoms with van der Waals surface area (Å²) in [7, 11) is -5.51. The molecule has 0 fully saturated rings. The molecule has 2 nitrogen and oxygen atoms in total. The van der Waals surface area contributed by atoms with Crippen LogP contribution in [0.3, 0.4) is 0 Å². The molecule has 0 saturated heterocycles. The van der Waals surface area contributed by atoms with Gasteiger partial charge in [0.25, 0.3) is 0 Å². The van der Waals surface area contributed by atoms with Crippen molar-refractivity contribution in [3.8, 4) is 0 Å². The van der Waals surface area contributed by atoms with Crippen LogP contribution in [-0.2, 0) is 10.7 Å². The first-order chi connectivity index (χ1) is 6.69. The van der Waals surface area contributed by atoms with Crippen LogP contribution in [0.25, 0.3) is 0 Å². The first kappa shape index (κ1) is 19.3. The summed E-state index contributed by atoms with van der Waals surface area (Å²) in [6, 6.07) is 0. The third-order valence-electron chi connectivity index (χ3n) is 1.36. The molecule has 0 aromatic rings. The van der Waals surface area contributed by atoms with E-state index >= 15 is 0 Å². The van der Waals surface area contributed by atoms with E-state index in [0.29, 0.717) is 0 Å². The third kappa shape index (κ3) is 2.85. The second kappa shape index (κ2) is 4.89. The van der Waals surface area contributed by atoms with Crippen LogP contribution in [-0.4, -0.2) is 50.6 Å². The quantitative estimate of drug-likeness (QED) is 0.484. The zero-order valence-electron chi connectivity index (χ0n) is 6.67.